The highest BCUT2D eigenvalue weighted by atomic mass is 16.5. The molecule has 1 saturated heterocycles. The van der Waals surface area contributed by atoms with Gasteiger partial charge in [-0.2, -0.15) is 0 Å². The maximum atomic E-state index is 11.9. The van der Waals surface area contributed by atoms with E-state index in [1.807, 2.05) is 32.3 Å². The molecule has 1 N–H and O–H groups in total. The van der Waals surface area contributed by atoms with E-state index >= 15 is 0 Å². The molecule has 0 spiro atoms. The zero-order valence-corrected chi connectivity index (χ0v) is 15.8. The Kier molecular flexibility index (Phi) is 8.01. The molecule has 0 atom stereocenters. The number of carbonyl (C=O) groups is 1. The fourth-order valence-corrected chi connectivity index (χ4v) is 3.07. The van der Waals surface area contributed by atoms with Crippen LogP contribution in [0.4, 0.5) is 5.69 Å². The van der Waals surface area contributed by atoms with Crippen molar-refractivity contribution in [2.45, 2.75) is 12.8 Å². The summed E-state index contributed by atoms with van der Waals surface area (Å²) in [6, 6.07) is 8.15. The van der Waals surface area contributed by atoms with Crippen LogP contribution in [0.1, 0.15) is 12.8 Å². The molecule has 25 heavy (non-hydrogen) atoms. The predicted molar refractivity (Wildman–Crippen MR) is 102 cm³/mol. The predicted octanol–water partition coefficient (Wildman–Crippen LogP) is 1.28. The molecule has 0 saturated carbocycles. The van der Waals surface area contributed by atoms with E-state index in [2.05, 4.69) is 26.1 Å². The number of benzene rings is 1. The molecule has 0 unspecified atom stereocenters. The Labute approximate surface area is 151 Å². The molecule has 1 aliphatic rings. The fraction of sp³-hybridized carbons (Fsp3) is 0.632. The highest BCUT2D eigenvalue weighted by Crippen LogP contribution is 2.28. The zero-order valence-electron chi connectivity index (χ0n) is 15.8. The lowest BCUT2D eigenvalue weighted by molar-refractivity contribution is -0.121. The van der Waals surface area contributed by atoms with Crippen LogP contribution in [0.15, 0.2) is 24.3 Å². The Bertz CT molecular complexity index is 528. The second kappa shape index (κ2) is 10.3. The van der Waals surface area contributed by atoms with Crippen LogP contribution in [-0.2, 0) is 4.79 Å². The van der Waals surface area contributed by atoms with Crippen LogP contribution in [-0.4, -0.2) is 82.7 Å². The minimum atomic E-state index is 0.158. The van der Waals surface area contributed by atoms with Gasteiger partial charge in [0, 0.05) is 45.7 Å². The molecule has 1 aliphatic heterocycles. The number of carbonyl (C=O) groups excluding carboxylic acids is 1. The van der Waals surface area contributed by atoms with Crippen LogP contribution in [0.3, 0.4) is 0 Å². The van der Waals surface area contributed by atoms with Crippen LogP contribution in [0.5, 0.6) is 5.75 Å². The van der Waals surface area contributed by atoms with Crippen molar-refractivity contribution in [3.63, 3.8) is 0 Å². The number of ether oxygens (including phenoxy) is 1. The highest BCUT2D eigenvalue weighted by molar-refractivity contribution is 5.76. The topological polar surface area (TPSA) is 48.1 Å². The van der Waals surface area contributed by atoms with E-state index in [0.717, 1.165) is 63.7 Å². The quantitative estimate of drug-likeness (QED) is 0.681. The Morgan fingerprint density at radius 3 is 2.60 bits per heavy atom. The van der Waals surface area contributed by atoms with Crippen molar-refractivity contribution in [3.8, 4) is 5.75 Å². The van der Waals surface area contributed by atoms with E-state index in [-0.39, 0.29) is 5.91 Å². The first kappa shape index (κ1) is 19.5. The van der Waals surface area contributed by atoms with Crippen LogP contribution in [0.25, 0.3) is 0 Å². The first-order valence-electron chi connectivity index (χ1n) is 9.12. The minimum absolute atomic E-state index is 0.158. The number of methoxy groups -OCH3 is 1. The van der Waals surface area contributed by atoms with Gasteiger partial charge in [0.1, 0.15) is 5.75 Å². The van der Waals surface area contributed by atoms with Gasteiger partial charge in [-0.05, 0) is 39.2 Å². The maximum Gasteiger partial charge on any atom is 0.221 e. The number of nitrogens with zero attached hydrogens (tertiary/aromatic N) is 3. The minimum Gasteiger partial charge on any atom is -0.495 e. The molecule has 140 valence electrons. The molecular weight excluding hydrogens is 316 g/mol. The molecule has 0 radical (unpaired) electrons. The third-order valence-corrected chi connectivity index (χ3v) is 4.56. The largest absolute Gasteiger partial charge is 0.495 e. The number of nitrogens with one attached hydrogen (secondary N) is 1. The zero-order chi connectivity index (χ0) is 18.1. The van der Waals surface area contributed by atoms with E-state index in [1.165, 1.54) is 0 Å². The smallest absolute Gasteiger partial charge is 0.221 e. The van der Waals surface area contributed by atoms with Crippen molar-refractivity contribution >= 4 is 11.6 Å². The fourth-order valence-electron chi connectivity index (χ4n) is 3.07. The second-order valence-electron chi connectivity index (χ2n) is 6.76. The molecule has 6 nitrogen and oxygen atoms in total. The number of para-hydroxylation sites is 2. The van der Waals surface area contributed by atoms with Gasteiger partial charge < -0.3 is 19.9 Å². The summed E-state index contributed by atoms with van der Waals surface area (Å²) >= 11 is 0. The summed E-state index contributed by atoms with van der Waals surface area (Å²) < 4.78 is 5.45. The highest BCUT2D eigenvalue weighted by Gasteiger charge is 2.19. The van der Waals surface area contributed by atoms with E-state index < -0.39 is 0 Å². The van der Waals surface area contributed by atoms with E-state index in [1.54, 1.807) is 7.11 Å². The molecule has 1 aromatic carbocycles. The van der Waals surface area contributed by atoms with E-state index in [0.29, 0.717) is 6.42 Å². The first-order chi connectivity index (χ1) is 12.1. The Morgan fingerprint density at radius 1 is 1.20 bits per heavy atom. The molecule has 0 aliphatic carbocycles. The van der Waals surface area contributed by atoms with Crippen molar-refractivity contribution in [1.82, 2.24) is 15.1 Å². The number of hydrogen-bond acceptors (Lipinski definition) is 5. The molecule has 1 aromatic rings. The number of hydrogen-bond donors (Lipinski definition) is 1. The van der Waals surface area contributed by atoms with Gasteiger partial charge in [0.15, 0.2) is 0 Å². The molecule has 6 heteroatoms. The van der Waals surface area contributed by atoms with Gasteiger partial charge in [0.25, 0.3) is 0 Å². The van der Waals surface area contributed by atoms with Gasteiger partial charge >= 0.3 is 0 Å². The summed E-state index contributed by atoms with van der Waals surface area (Å²) in [7, 11) is 5.81. The summed E-state index contributed by atoms with van der Waals surface area (Å²) in [6.45, 7) is 6.48. The second-order valence-corrected chi connectivity index (χ2v) is 6.76. The molecule has 0 bridgehead atoms. The van der Waals surface area contributed by atoms with Gasteiger partial charge in [-0.1, -0.05) is 12.1 Å². The summed E-state index contributed by atoms with van der Waals surface area (Å²) in [4.78, 5) is 18.8. The van der Waals surface area contributed by atoms with Gasteiger partial charge in [0.2, 0.25) is 5.91 Å². The van der Waals surface area contributed by atoms with Crippen LogP contribution < -0.4 is 15.0 Å². The number of rotatable bonds is 9. The van der Waals surface area contributed by atoms with Crippen LogP contribution in [0, 0.1) is 0 Å². The Balaban J connectivity index is 1.66. The molecule has 1 heterocycles. The standard InChI is InChI=1S/C19H32N4O2/c1-21(2)11-6-10-20-19(24)9-12-22-13-15-23(16-14-22)17-7-4-5-8-18(17)25-3/h4-5,7-8H,6,9-16H2,1-3H3,(H,20,24). The lowest BCUT2D eigenvalue weighted by Gasteiger charge is -2.36. The van der Waals surface area contributed by atoms with Gasteiger partial charge in [-0.3, -0.25) is 9.69 Å². The van der Waals surface area contributed by atoms with Crippen molar-refractivity contribution in [3.05, 3.63) is 24.3 Å². The number of anilines is 1. The molecule has 2 rings (SSSR count). The van der Waals surface area contributed by atoms with Crippen molar-refractivity contribution in [2.24, 2.45) is 0 Å². The SMILES string of the molecule is COc1ccccc1N1CCN(CCC(=O)NCCCN(C)C)CC1. The summed E-state index contributed by atoms with van der Waals surface area (Å²) in [6.07, 6.45) is 1.58. The van der Waals surface area contributed by atoms with Gasteiger partial charge in [-0.25, -0.2) is 0 Å². The summed E-state index contributed by atoms with van der Waals surface area (Å²) in [5.41, 5.74) is 1.16. The number of piperazine rings is 1. The lowest BCUT2D eigenvalue weighted by Crippen LogP contribution is -2.47. The molecular formula is C19H32N4O2. The monoisotopic (exact) mass is 348 g/mol. The third kappa shape index (κ3) is 6.55. The van der Waals surface area contributed by atoms with Crippen molar-refractivity contribution in [1.29, 1.82) is 0 Å². The lowest BCUT2D eigenvalue weighted by atomic mass is 10.2. The molecule has 1 fully saturated rings. The summed E-state index contributed by atoms with van der Waals surface area (Å²) in [5.74, 6) is 1.08. The van der Waals surface area contributed by atoms with E-state index in [9.17, 15) is 4.79 Å². The van der Waals surface area contributed by atoms with Crippen LogP contribution >= 0.6 is 0 Å². The normalized spacial score (nSPS) is 15.4. The average molecular weight is 348 g/mol. The Hall–Kier alpha value is -1.79. The maximum absolute atomic E-state index is 11.9. The number of amides is 1. The van der Waals surface area contributed by atoms with Crippen molar-refractivity contribution < 1.29 is 9.53 Å². The van der Waals surface area contributed by atoms with Crippen LogP contribution in [0.2, 0.25) is 0 Å². The summed E-state index contributed by atoms with van der Waals surface area (Å²) in [5, 5.41) is 3.01. The molecule has 1 amide bonds. The Morgan fingerprint density at radius 2 is 1.92 bits per heavy atom. The van der Waals surface area contributed by atoms with Gasteiger partial charge in [0.05, 0.1) is 12.8 Å². The van der Waals surface area contributed by atoms with Gasteiger partial charge in [-0.15, -0.1) is 0 Å². The van der Waals surface area contributed by atoms with E-state index in [4.69, 9.17) is 4.74 Å². The average Bonchev–Trinajstić information content (AvgIpc) is 2.64. The van der Waals surface area contributed by atoms with Crippen molar-refractivity contribution in [2.75, 3.05) is 71.9 Å². The first-order valence-corrected chi connectivity index (χ1v) is 9.12. The molecule has 0 aromatic heterocycles. The third-order valence-electron chi connectivity index (χ3n) is 4.56.